The van der Waals surface area contributed by atoms with Crippen molar-refractivity contribution in [2.75, 3.05) is 25.0 Å². The van der Waals surface area contributed by atoms with Crippen molar-refractivity contribution in [1.82, 2.24) is 10.3 Å². The Morgan fingerprint density at radius 1 is 1.19 bits per heavy atom. The third kappa shape index (κ3) is 5.82. The van der Waals surface area contributed by atoms with Crippen molar-refractivity contribution in [3.05, 3.63) is 76.7 Å². The van der Waals surface area contributed by atoms with Gasteiger partial charge in [0, 0.05) is 36.8 Å². The lowest BCUT2D eigenvalue weighted by Gasteiger charge is -2.19. The summed E-state index contributed by atoms with van der Waals surface area (Å²) < 4.78 is 5.70. The molecule has 0 fully saturated rings. The minimum atomic E-state index is -0.0866. The molecule has 3 rings (SSSR count). The summed E-state index contributed by atoms with van der Waals surface area (Å²) in [5, 5.41) is 4.92. The van der Waals surface area contributed by atoms with Crippen molar-refractivity contribution in [2.45, 2.75) is 13.0 Å². The molecule has 0 aliphatic carbocycles. The van der Waals surface area contributed by atoms with Gasteiger partial charge in [0.05, 0.1) is 11.2 Å². The van der Waals surface area contributed by atoms with Gasteiger partial charge in [0.2, 0.25) is 0 Å². The first-order valence-corrected chi connectivity index (χ1v) is 9.81. The van der Waals surface area contributed by atoms with Crippen LogP contribution in [0.15, 0.2) is 65.5 Å². The summed E-state index contributed by atoms with van der Waals surface area (Å²) in [6.07, 6.45) is 0.872. The molecule has 140 valence electrons. The number of anilines is 1. The van der Waals surface area contributed by atoms with E-state index in [1.165, 1.54) is 17.0 Å². The highest BCUT2D eigenvalue weighted by atomic mass is 32.1. The molecule has 0 spiro atoms. The fourth-order valence-corrected chi connectivity index (χ4v) is 3.17. The summed E-state index contributed by atoms with van der Waals surface area (Å²) in [5.41, 5.74) is 4.44. The average Bonchev–Trinajstić information content (AvgIpc) is 3.24. The summed E-state index contributed by atoms with van der Waals surface area (Å²) in [5.74, 6) is 0.580. The highest BCUT2D eigenvalue weighted by molar-refractivity contribution is 7.07. The second-order valence-corrected chi connectivity index (χ2v) is 6.88. The normalized spacial score (nSPS) is 10.4. The molecule has 0 saturated carbocycles. The average molecular weight is 382 g/mol. The number of carbonyl (C=O) groups is 1. The van der Waals surface area contributed by atoms with Gasteiger partial charge < -0.3 is 15.0 Å². The molecule has 27 heavy (non-hydrogen) atoms. The number of para-hydroxylation sites is 1. The van der Waals surface area contributed by atoms with Gasteiger partial charge in [-0.05, 0) is 36.8 Å². The molecular formula is C21H23N3O2S. The van der Waals surface area contributed by atoms with Crippen LogP contribution in [0.2, 0.25) is 0 Å². The summed E-state index contributed by atoms with van der Waals surface area (Å²) >= 11 is 1.54. The Morgan fingerprint density at radius 2 is 2.04 bits per heavy atom. The smallest absolute Gasteiger partial charge is 0.251 e. The van der Waals surface area contributed by atoms with Gasteiger partial charge in [-0.2, -0.15) is 0 Å². The summed E-state index contributed by atoms with van der Waals surface area (Å²) in [6, 6.07) is 17.4. The minimum Gasteiger partial charge on any atom is -0.487 e. The number of hydrogen-bond donors (Lipinski definition) is 1. The molecule has 5 nitrogen and oxygen atoms in total. The van der Waals surface area contributed by atoms with E-state index < -0.39 is 0 Å². The second kappa shape index (κ2) is 9.73. The van der Waals surface area contributed by atoms with Gasteiger partial charge in [-0.3, -0.25) is 4.79 Å². The zero-order valence-corrected chi connectivity index (χ0v) is 16.1. The van der Waals surface area contributed by atoms with Gasteiger partial charge >= 0.3 is 0 Å². The maximum atomic E-state index is 12.4. The Balaban J connectivity index is 1.43. The molecule has 2 aromatic carbocycles. The molecule has 0 unspecified atom stereocenters. The molecule has 3 aromatic rings. The van der Waals surface area contributed by atoms with E-state index in [0.29, 0.717) is 24.5 Å². The molecule has 0 bridgehead atoms. The third-order valence-electron chi connectivity index (χ3n) is 4.12. The number of rotatable bonds is 9. The van der Waals surface area contributed by atoms with E-state index in [0.717, 1.165) is 18.7 Å². The van der Waals surface area contributed by atoms with Crippen LogP contribution in [0.25, 0.3) is 0 Å². The maximum Gasteiger partial charge on any atom is 0.251 e. The summed E-state index contributed by atoms with van der Waals surface area (Å²) in [7, 11) is 2.06. The van der Waals surface area contributed by atoms with Crippen LogP contribution in [0.5, 0.6) is 5.75 Å². The predicted octanol–water partition coefficient (Wildman–Crippen LogP) is 3.98. The number of carbonyl (C=O) groups excluding carboxylic acids is 1. The molecule has 0 radical (unpaired) electrons. The highest BCUT2D eigenvalue weighted by Gasteiger charge is 2.07. The number of amides is 1. The molecule has 0 saturated heterocycles. The fraction of sp³-hybridized carbons (Fsp3) is 0.238. The molecule has 1 heterocycles. The second-order valence-electron chi connectivity index (χ2n) is 6.16. The largest absolute Gasteiger partial charge is 0.487 e. The Morgan fingerprint density at radius 3 is 2.81 bits per heavy atom. The van der Waals surface area contributed by atoms with Gasteiger partial charge in [0.1, 0.15) is 12.4 Å². The topological polar surface area (TPSA) is 54.5 Å². The molecule has 1 amide bonds. The van der Waals surface area contributed by atoms with E-state index in [-0.39, 0.29) is 5.91 Å². The van der Waals surface area contributed by atoms with Crippen molar-refractivity contribution < 1.29 is 9.53 Å². The van der Waals surface area contributed by atoms with Gasteiger partial charge in [0.15, 0.2) is 0 Å². The maximum absolute atomic E-state index is 12.4. The number of aromatic nitrogens is 1. The Hall–Kier alpha value is -2.86. The van der Waals surface area contributed by atoms with Crippen LogP contribution >= 0.6 is 11.3 Å². The number of nitrogens with one attached hydrogen (secondary N) is 1. The molecule has 6 heteroatoms. The SMILES string of the molecule is CN(CCCNC(=O)c1cccc(OCc2cscn2)c1)c1ccccc1. The zero-order chi connectivity index (χ0) is 18.9. The third-order valence-corrected chi connectivity index (χ3v) is 4.75. The number of ether oxygens (including phenoxy) is 1. The Kier molecular flexibility index (Phi) is 6.82. The van der Waals surface area contributed by atoms with Gasteiger partial charge in [-0.1, -0.05) is 24.3 Å². The number of benzene rings is 2. The quantitative estimate of drug-likeness (QED) is 0.570. The van der Waals surface area contributed by atoms with Crippen LogP contribution in [-0.4, -0.2) is 31.0 Å². The number of thiazole rings is 1. The number of hydrogen-bond acceptors (Lipinski definition) is 5. The molecule has 0 aliphatic rings. The van der Waals surface area contributed by atoms with E-state index >= 15 is 0 Å². The summed E-state index contributed by atoms with van der Waals surface area (Å²) in [6.45, 7) is 1.90. The number of nitrogens with zero attached hydrogens (tertiary/aromatic N) is 2. The van der Waals surface area contributed by atoms with Crippen molar-refractivity contribution in [3.63, 3.8) is 0 Å². The molecule has 0 atom stereocenters. The van der Waals surface area contributed by atoms with Crippen molar-refractivity contribution in [2.24, 2.45) is 0 Å². The lowest BCUT2D eigenvalue weighted by Crippen LogP contribution is -2.28. The van der Waals surface area contributed by atoms with Crippen LogP contribution in [0.4, 0.5) is 5.69 Å². The monoisotopic (exact) mass is 381 g/mol. The fourth-order valence-electron chi connectivity index (χ4n) is 2.62. The molecule has 1 N–H and O–H groups in total. The first kappa shape index (κ1) is 18.9. The zero-order valence-electron chi connectivity index (χ0n) is 15.3. The van der Waals surface area contributed by atoms with Crippen molar-refractivity contribution in [3.8, 4) is 5.75 Å². The van der Waals surface area contributed by atoms with Crippen LogP contribution < -0.4 is 15.0 Å². The van der Waals surface area contributed by atoms with Crippen LogP contribution in [0, 0.1) is 0 Å². The highest BCUT2D eigenvalue weighted by Crippen LogP contribution is 2.15. The molecule has 0 aliphatic heterocycles. The molecular weight excluding hydrogens is 358 g/mol. The predicted molar refractivity (Wildman–Crippen MR) is 110 cm³/mol. The van der Waals surface area contributed by atoms with Gasteiger partial charge in [-0.25, -0.2) is 4.98 Å². The first-order chi connectivity index (χ1) is 13.2. The van der Waals surface area contributed by atoms with Crippen molar-refractivity contribution in [1.29, 1.82) is 0 Å². The van der Waals surface area contributed by atoms with Crippen LogP contribution in [-0.2, 0) is 6.61 Å². The van der Waals surface area contributed by atoms with E-state index in [4.69, 9.17) is 4.74 Å². The summed E-state index contributed by atoms with van der Waals surface area (Å²) in [4.78, 5) is 18.7. The van der Waals surface area contributed by atoms with Crippen molar-refractivity contribution >= 4 is 22.9 Å². The van der Waals surface area contributed by atoms with Crippen LogP contribution in [0.1, 0.15) is 22.5 Å². The Bertz CT molecular complexity index is 838. The first-order valence-electron chi connectivity index (χ1n) is 8.87. The minimum absolute atomic E-state index is 0.0866. The molecule has 1 aromatic heterocycles. The Labute approximate surface area is 163 Å². The van der Waals surface area contributed by atoms with E-state index in [1.54, 1.807) is 17.6 Å². The standard InChI is InChI=1S/C21H23N3O2S/c1-24(19-8-3-2-4-9-19)12-6-11-22-21(25)17-7-5-10-20(13-17)26-14-18-15-27-16-23-18/h2-5,7-10,13,15-16H,6,11-12,14H2,1H3,(H,22,25). The van der Waals surface area contributed by atoms with Gasteiger partial charge in [0.25, 0.3) is 5.91 Å². The van der Waals surface area contributed by atoms with Crippen LogP contribution in [0.3, 0.4) is 0 Å². The lowest BCUT2D eigenvalue weighted by molar-refractivity contribution is 0.0953. The lowest BCUT2D eigenvalue weighted by atomic mass is 10.2. The van der Waals surface area contributed by atoms with E-state index in [9.17, 15) is 4.79 Å². The van der Waals surface area contributed by atoms with Gasteiger partial charge in [-0.15, -0.1) is 11.3 Å². The van der Waals surface area contributed by atoms with E-state index in [1.807, 2.05) is 35.7 Å². The van der Waals surface area contributed by atoms with E-state index in [2.05, 4.69) is 34.4 Å².